The highest BCUT2D eigenvalue weighted by molar-refractivity contribution is 5.71. The average molecular weight is 964 g/mol. The van der Waals surface area contributed by atoms with Crippen molar-refractivity contribution < 1.29 is 28.6 Å². The van der Waals surface area contributed by atoms with Crippen LogP contribution < -0.4 is 0 Å². The van der Waals surface area contributed by atoms with Crippen LogP contribution in [0.15, 0.2) is 72.9 Å². The number of carbonyl (C=O) groups is 3. The summed E-state index contributed by atoms with van der Waals surface area (Å²) in [7, 11) is 0. The van der Waals surface area contributed by atoms with Gasteiger partial charge in [0.2, 0.25) is 0 Å². The molecule has 0 heterocycles. The highest BCUT2D eigenvalue weighted by atomic mass is 16.6. The predicted octanol–water partition coefficient (Wildman–Crippen LogP) is 19.8. The Balaban J connectivity index is 4.28. The molecule has 0 rings (SSSR count). The Kier molecular flexibility index (Phi) is 54.8. The number of ether oxygens (including phenoxy) is 3. The molecule has 0 aliphatic rings. The summed E-state index contributed by atoms with van der Waals surface area (Å²) >= 11 is 0. The third-order valence-electron chi connectivity index (χ3n) is 12.7. The van der Waals surface area contributed by atoms with Crippen LogP contribution in [0.3, 0.4) is 0 Å². The molecule has 0 aromatic carbocycles. The van der Waals surface area contributed by atoms with Gasteiger partial charge in [-0.3, -0.25) is 14.4 Å². The second-order valence-electron chi connectivity index (χ2n) is 19.5. The lowest BCUT2D eigenvalue weighted by Crippen LogP contribution is -2.30. The van der Waals surface area contributed by atoms with Gasteiger partial charge in [0.05, 0.1) is 0 Å². The number of unbranched alkanes of at least 4 members (excludes halogenated alkanes) is 30. The molecule has 6 nitrogen and oxygen atoms in total. The minimum Gasteiger partial charge on any atom is -0.462 e. The minimum atomic E-state index is -0.784. The zero-order chi connectivity index (χ0) is 50.0. The van der Waals surface area contributed by atoms with E-state index in [9.17, 15) is 14.4 Å². The third kappa shape index (κ3) is 55.6. The molecule has 0 N–H and O–H groups in total. The van der Waals surface area contributed by atoms with Crippen molar-refractivity contribution in [1.82, 2.24) is 0 Å². The van der Waals surface area contributed by atoms with Gasteiger partial charge in [-0.05, 0) is 89.9 Å². The van der Waals surface area contributed by atoms with Gasteiger partial charge in [-0.25, -0.2) is 0 Å². The molecule has 69 heavy (non-hydrogen) atoms. The first-order valence-corrected chi connectivity index (χ1v) is 29.4. The molecular weight excluding hydrogens is 853 g/mol. The van der Waals surface area contributed by atoms with Crippen LogP contribution in [0.1, 0.15) is 290 Å². The second-order valence-corrected chi connectivity index (χ2v) is 19.5. The van der Waals surface area contributed by atoms with Crippen LogP contribution in [0.4, 0.5) is 0 Å². The molecule has 0 aliphatic carbocycles. The van der Waals surface area contributed by atoms with Gasteiger partial charge in [-0.15, -0.1) is 0 Å². The third-order valence-corrected chi connectivity index (χ3v) is 12.7. The molecule has 1 atom stereocenters. The quantitative estimate of drug-likeness (QED) is 0.0262. The molecule has 0 aromatic rings. The maximum absolute atomic E-state index is 12.8. The molecule has 0 saturated carbocycles. The minimum absolute atomic E-state index is 0.0816. The molecule has 0 amide bonds. The first-order valence-electron chi connectivity index (χ1n) is 29.4. The number of allylic oxidation sites excluding steroid dienone is 12. The van der Waals surface area contributed by atoms with Crippen molar-refractivity contribution in [2.75, 3.05) is 13.2 Å². The van der Waals surface area contributed by atoms with Gasteiger partial charge in [0.15, 0.2) is 6.10 Å². The fourth-order valence-electron chi connectivity index (χ4n) is 8.29. The van der Waals surface area contributed by atoms with Crippen LogP contribution in [-0.2, 0) is 28.6 Å². The van der Waals surface area contributed by atoms with E-state index in [-0.39, 0.29) is 31.1 Å². The van der Waals surface area contributed by atoms with Crippen LogP contribution in [0.25, 0.3) is 0 Å². The summed E-state index contributed by atoms with van der Waals surface area (Å²) in [5.74, 6) is -0.895. The van der Waals surface area contributed by atoms with Gasteiger partial charge in [0, 0.05) is 19.3 Å². The maximum Gasteiger partial charge on any atom is 0.306 e. The van der Waals surface area contributed by atoms with Crippen molar-refractivity contribution >= 4 is 17.9 Å². The van der Waals surface area contributed by atoms with Crippen molar-refractivity contribution in [2.24, 2.45) is 0 Å². The Labute approximate surface area is 427 Å². The maximum atomic E-state index is 12.8. The molecule has 0 aromatic heterocycles. The van der Waals surface area contributed by atoms with Crippen LogP contribution in [0.2, 0.25) is 0 Å². The van der Waals surface area contributed by atoms with E-state index in [1.54, 1.807) is 0 Å². The van der Waals surface area contributed by atoms with Crippen molar-refractivity contribution in [1.29, 1.82) is 0 Å². The Morgan fingerprint density at radius 3 is 0.884 bits per heavy atom. The molecule has 0 saturated heterocycles. The van der Waals surface area contributed by atoms with Gasteiger partial charge >= 0.3 is 17.9 Å². The monoisotopic (exact) mass is 963 g/mol. The van der Waals surface area contributed by atoms with Crippen molar-refractivity contribution in [2.45, 2.75) is 297 Å². The van der Waals surface area contributed by atoms with Gasteiger partial charge in [0.25, 0.3) is 0 Å². The first kappa shape index (κ1) is 65.8. The standard InChI is InChI=1S/C63H110O6/c1-4-7-10-13-16-19-22-24-26-27-28-29-30-31-32-33-34-35-37-38-41-44-47-50-53-56-62(65)68-59-60(58-67-61(64)55-52-49-46-43-40-21-18-15-12-9-6-3)69-63(66)57-54-51-48-45-42-39-36-25-23-20-17-14-11-8-5-2/h8,11,17,20,22,24-25,27-28,30-31,36,60H,4-7,9-10,12-16,18-19,21,23,26,29,32-35,37-59H2,1-3H3/b11-8-,20-17-,24-22-,28-27-,31-30-,36-25-. The van der Waals surface area contributed by atoms with E-state index < -0.39 is 6.10 Å². The fraction of sp³-hybridized carbons (Fsp3) is 0.762. The Morgan fingerprint density at radius 1 is 0.304 bits per heavy atom. The number of rotatable bonds is 53. The van der Waals surface area contributed by atoms with E-state index in [4.69, 9.17) is 14.2 Å². The zero-order valence-corrected chi connectivity index (χ0v) is 45.6. The van der Waals surface area contributed by atoms with Gasteiger partial charge in [-0.1, -0.05) is 254 Å². The van der Waals surface area contributed by atoms with Crippen molar-refractivity contribution in [3.05, 3.63) is 72.9 Å². The Hall–Kier alpha value is -3.15. The van der Waals surface area contributed by atoms with Crippen LogP contribution in [0, 0.1) is 0 Å². The molecular formula is C63H110O6. The SMILES string of the molecule is CC/C=C\C/C=C\C/C=C\CCCCCCCC(=O)OC(COC(=O)CCCCCCCCCCCCC)COC(=O)CCCCCCCCCCCC/C=C\C/C=C\C/C=C\CCCCCCC. The summed E-state index contributed by atoms with van der Waals surface area (Å²) in [4.78, 5) is 38.1. The summed E-state index contributed by atoms with van der Waals surface area (Å²) in [6.45, 7) is 6.51. The molecule has 0 radical (unpaired) electrons. The smallest absolute Gasteiger partial charge is 0.306 e. The molecule has 0 fully saturated rings. The number of hydrogen-bond acceptors (Lipinski definition) is 6. The summed E-state index contributed by atoms with van der Waals surface area (Å²) < 4.78 is 16.8. The molecule has 0 bridgehead atoms. The molecule has 0 spiro atoms. The molecule has 1 unspecified atom stereocenters. The number of esters is 3. The largest absolute Gasteiger partial charge is 0.462 e. The van der Waals surface area contributed by atoms with E-state index in [0.717, 1.165) is 109 Å². The lowest BCUT2D eigenvalue weighted by molar-refractivity contribution is -0.167. The molecule has 0 aliphatic heterocycles. The predicted molar refractivity (Wildman–Crippen MR) is 298 cm³/mol. The van der Waals surface area contributed by atoms with E-state index in [0.29, 0.717) is 19.3 Å². The van der Waals surface area contributed by atoms with Gasteiger partial charge in [0.1, 0.15) is 13.2 Å². The summed E-state index contributed by atoms with van der Waals surface area (Å²) in [6, 6.07) is 0. The van der Waals surface area contributed by atoms with Gasteiger partial charge < -0.3 is 14.2 Å². The van der Waals surface area contributed by atoms with E-state index in [2.05, 4.69) is 93.7 Å². The zero-order valence-electron chi connectivity index (χ0n) is 45.6. The van der Waals surface area contributed by atoms with Crippen LogP contribution in [-0.4, -0.2) is 37.2 Å². The number of carbonyl (C=O) groups excluding carboxylic acids is 3. The Morgan fingerprint density at radius 2 is 0.565 bits per heavy atom. The Bertz CT molecular complexity index is 1290. The van der Waals surface area contributed by atoms with E-state index in [1.807, 2.05) is 0 Å². The lowest BCUT2D eigenvalue weighted by Gasteiger charge is -2.18. The molecule has 6 heteroatoms. The fourth-order valence-corrected chi connectivity index (χ4v) is 8.29. The van der Waals surface area contributed by atoms with Crippen LogP contribution >= 0.6 is 0 Å². The van der Waals surface area contributed by atoms with Crippen molar-refractivity contribution in [3.63, 3.8) is 0 Å². The summed E-state index contributed by atoms with van der Waals surface area (Å²) in [5.41, 5.74) is 0. The highest BCUT2D eigenvalue weighted by Crippen LogP contribution is 2.16. The normalized spacial score (nSPS) is 12.6. The highest BCUT2D eigenvalue weighted by Gasteiger charge is 2.19. The summed E-state index contributed by atoms with van der Waals surface area (Å²) in [5, 5.41) is 0. The van der Waals surface area contributed by atoms with E-state index in [1.165, 1.54) is 141 Å². The van der Waals surface area contributed by atoms with E-state index >= 15 is 0 Å². The summed E-state index contributed by atoms with van der Waals surface area (Å²) in [6.07, 6.45) is 73.3. The lowest BCUT2D eigenvalue weighted by atomic mass is 10.1. The van der Waals surface area contributed by atoms with Crippen molar-refractivity contribution in [3.8, 4) is 0 Å². The topological polar surface area (TPSA) is 78.9 Å². The van der Waals surface area contributed by atoms with Crippen LogP contribution in [0.5, 0.6) is 0 Å². The average Bonchev–Trinajstić information content (AvgIpc) is 3.35. The number of hydrogen-bond donors (Lipinski definition) is 0. The first-order chi connectivity index (χ1) is 34.0. The molecule has 398 valence electrons. The second kappa shape index (κ2) is 57.4. The van der Waals surface area contributed by atoms with Gasteiger partial charge in [-0.2, -0.15) is 0 Å².